The third-order valence-corrected chi connectivity index (χ3v) is 5.36. The van der Waals surface area contributed by atoms with E-state index in [2.05, 4.69) is 0 Å². The van der Waals surface area contributed by atoms with E-state index < -0.39 is 82.6 Å². The van der Waals surface area contributed by atoms with E-state index in [-0.39, 0.29) is 16.9 Å². The van der Waals surface area contributed by atoms with Gasteiger partial charge in [0.1, 0.15) is 46.9 Å². The molecule has 182 valence electrons. The van der Waals surface area contributed by atoms with Crippen LogP contribution in [0.15, 0.2) is 33.5 Å². The lowest BCUT2D eigenvalue weighted by molar-refractivity contribution is -0.277. The standard InChI is InChI=1S/C21H20O13/c22-5-12-15(27)17(29)19(31)21(34-12)32-7-3-8(23)13-11(4-7)33-20(18(30)16(13)28)6-1-9(24)14(26)10(25)2-6/h1-4,12,15,17,19,21-27,29-31H,5H2/t12?,15-,17-,19?,21+/m0/s1. The summed E-state index contributed by atoms with van der Waals surface area (Å²) in [5.41, 5.74) is -1.59. The Labute approximate surface area is 189 Å². The first-order chi connectivity index (χ1) is 16.0. The Hall–Kier alpha value is -3.75. The molecular formula is C21H20O13. The highest BCUT2D eigenvalue weighted by atomic mass is 16.7. The van der Waals surface area contributed by atoms with Crippen molar-refractivity contribution in [2.75, 3.05) is 6.61 Å². The normalized spacial score (nSPS) is 24.9. The molecule has 13 heteroatoms. The van der Waals surface area contributed by atoms with Crippen molar-refractivity contribution in [3.05, 3.63) is 34.5 Å². The predicted octanol–water partition coefficient (Wildman–Crippen LogP) is -0.833. The number of rotatable bonds is 4. The maximum Gasteiger partial charge on any atom is 0.238 e. The number of benzene rings is 2. The second-order valence-electron chi connectivity index (χ2n) is 7.60. The highest BCUT2D eigenvalue weighted by molar-refractivity contribution is 5.88. The van der Waals surface area contributed by atoms with Crippen LogP contribution in [0.5, 0.6) is 34.5 Å². The van der Waals surface area contributed by atoms with Crippen LogP contribution in [-0.2, 0) is 4.74 Å². The minimum absolute atomic E-state index is 0.191. The molecule has 0 amide bonds. The molecule has 9 N–H and O–H groups in total. The van der Waals surface area contributed by atoms with Gasteiger partial charge >= 0.3 is 0 Å². The summed E-state index contributed by atoms with van der Waals surface area (Å²) in [6, 6.07) is 3.85. The Morgan fingerprint density at radius 3 is 2.09 bits per heavy atom. The van der Waals surface area contributed by atoms with E-state index in [4.69, 9.17) is 13.9 Å². The summed E-state index contributed by atoms with van der Waals surface area (Å²) in [6.07, 6.45) is -7.94. The molecule has 3 aromatic rings. The molecular weight excluding hydrogens is 460 g/mol. The summed E-state index contributed by atoms with van der Waals surface area (Å²) in [5, 5.41) is 88.3. The summed E-state index contributed by atoms with van der Waals surface area (Å²) in [4.78, 5) is 12.7. The number of ether oxygens (including phenoxy) is 2. The van der Waals surface area contributed by atoms with Gasteiger partial charge in [0, 0.05) is 17.7 Å². The Kier molecular flexibility index (Phi) is 5.89. The molecule has 2 heterocycles. The second kappa shape index (κ2) is 8.55. The first-order valence-corrected chi connectivity index (χ1v) is 9.78. The molecule has 0 spiro atoms. The number of hydrogen-bond donors (Lipinski definition) is 9. The fourth-order valence-corrected chi connectivity index (χ4v) is 3.56. The van der Waals surface area contributed by atoms with Gasteiger partial charge in [-0.25, -0.2) is 0 Å². The molecule has 34 heavy (non-hydrogen) atoms. The van der Waals surface area contributed by atoms with Gasteiger partial charge in [0.25, 0.3) is 0 Å². The minimum atomic E-state index is -1.75. The van der Waals surface area contributed by atoms with Crippen molar-refractivity contribution in [2.45, 2.75) is 30.7 Å². The lowest BCUT2D eigenvalue weighted by Gasteiger charge is -2.39. The summed E-state index contributed by atoms with van der Waals surface area (Å²) in [6.45, 7) is -0.697. The summed E-state index contributed by atoms with van der Waals surface area (Å²) < 4.78 is 16.2. The molecule has 1 fully saturated rings. The lowest BCUT2D eigenvalue weighted by Crippen LogP contribution is -2.60. The number of hydrogen-bond acceptors (Lipinski definition) is 13. The van der Waals surface area contributed by atoms with Gasteiger partial charge in [-0.3, -0.25) is 4.79 Å². The molecule has 4 rings (SSSR count). The van der Waals surface area contributed by atoms with Gasteiger partial charge in [-0.05, 0) is 12.1 Å². The highest BCUT2D eigenvalue weighted by Gasteiger charge is 2.44. The van der Waals surface area contributed by atoms with Crippen LogP contribution in [0.3, 0.4) is 0 Å². The van der Waals surface area contributed by atoms with Crippen molar-refractivity contribution in [1.29, 1.82) is 0 Å². The molecule has 5 atom stereocenters. The fourth-order valence-electron chi connectivity index (χ4n) is 3.56. The van der Waals surface area contributed by atoms with Crippen LogP contribution in [0.1, 0.15) is 0 Å². The molecule has 1 aliphatic heterocycles. The Bertz CT molecular complexity index is 1280. The third kappa shape index (κ3) is 3.81. The van der Waals surface area contributed by atoms with Crippen molar-refractivity contribution in [3.63, 3.8) is 0 Å². The molecule has 0 radical (unpaired) electrons. The zero-order valence-electron chi connectivity index (χ0n) is 17.1. The monoisotopic (exact) mass is 480 g/mol. The number of aliphatic hydroxyl groups excluding tert-OH is 4. The Balaban J connectivity index is 1.78. The van der Waals surface area contributed by atoms with Crippen LogP contribution in [-0.4, -0.2) is 83.3 Å². The molecule has 1 saturated heterocycles. The Morgan fingerprint density at radius 1 is 0.824 bits per heavy atom. The van der Waals surface area contributed by atoms with Crippen molar-refractivity contribution in [2.24, 2.45) is 0 Å². The van der Waals surface area contributed by atoms with E-state index in [1.807, 2.05) is 0 Å². The lowest BCUT2D eigenvalue weighted by atomic mass is 9.99. The SMILES string of the molecule is O=c1c(O)c(-c2cc(O)c(O)c(O)c2)oc2cc(O[C@@H]3OC(CO)[C@H](O)[C@H](O)C3O)cc(O)c12. The molecule has 2 aromatic carbocycles. The maximum atomic E-state index is 12.7. The van der Waals surface area contributed by atoms with Gasteiger partial charge in [0.05, 0.1) is 6.61 Å². The Morgan fingerprint density at radius 2 is 1.47 bits per heavy atom. The van der Waals surface area contributed by atoms with E-state index in [0.29, 0.717) is 0 Å². The second-order valence-corrected chi connectivity index (χ2v) is 7.60. The number of aliphatic hydroxyl groups is 4. The molecule has 1 aliphatic rings. The fraction of sp³-hybridized carbons (Fsp3) is 0.286. The van der Waals surface area contributed by atoms with E-state index in [0.717, 1.165) is 24.3 Å². The van der Waals surface area contributed by atoms with Gasteiger partial charge in [0.2, 0.25) is 17.5 Å². The smallest absolute Gasteiger partial charge is 0.238 e. The summed E-state index contributed by atoms with van der Waals surface area (Å²) >= 11 is 0. The topological polar surface area (TPSA) is 231 Å². The molecule has 0 bridgehead atoms. The molecule has 13 nitrogen and oxygen atoms in total. The van der Waals surface area contributed by atoms with Crippen molar-refractivity contribution < 1.29 is 59.8 Å². The molecule has 2 unspecified atom stereocenters. The minimum Gasteiger partial charge on any atom is -0.507 e. The average Bonchev–Trinajstić information content (AvgIpc) is 2.79. The van der Waals surface area contributed by atoms with E-state index in [9.17, 15) is 50.8 Å². The van der Waals surface area contributed by atoms with Gasteiger partial charge in [-0.1, -0.05) is 0 Å². The third-order valence-electron chi connectivity index (χ3n) is 5.36. The molecule has 0 aliphatic carbocycles. The maximum absolute atomic E-state index is 12.7. The summed E-state index contributed by atoms with van der Waals surface area (Å²) in [5.74, 6) is -4.77. The van der Waals surface area contributed by atoms with Gasteiger partial charge in [-0.15, -0.1) is 0 Å². The number of fused-ring (bicyclic) bond motifs is 1. The molecule has 1 aromatic heterocycles. The van der Waals surface area contributed by atoms with Crippen molar-refractivity contribution >= 4 is 11.0 Å². The average molecular weight is 480 g/mol. The first-order valence-electron chi connectivity index (χ1n) is 9.78. The zero-order chi connectivity index (χ0) is 24.9. The van der Waals surface area contributed by atoms with Gasteiger partial charge < -0.3 is 59.8 Å². The number of phenolic OH excluding ortho intramolecular Hbond substituents is 4. The summed E-state index contributed by atoms with van der Waals surface area (Å²) in [7, 11) is 0. The largest absolute Gasteiger partial charge is 0.507 e. The highest BCUT2D eigenvalue weighted by Crippen LogP contribution is 2.42. The van der Waals surface area contributed by atoms with Crippen molar-refractivity contribution in [1.82, 2.24) is 0 Å². The van der Waals surface area contributed by atoms with Crippen LogP contribution in [0.4, 0.5) is 0 Å². The van der Waals surface area contributed by atoms with Crippen LogP contribution < -0.4 is 10.2 Å². The van der Waals surface area contributed by atoms with Gasteiger partial charge in [-0.2, -0.15) is 0 Å². The van der Waals surface area contributed by atoms with Gasteiger partial charge in [0.15, 0.2) is 23.0 Å². The molecule has 0 saturated carbocycles. The quantitative estimate of drug-likeness (QED) is 0.208. The van der Waals surface area contributed by atoms with E-state index >= 15 is 0 Å². The predicted molar refractivity (Wildman–Crippen MR) is 111 cm³/mol. The van der Waals surface area contributed by atoms with Crippen LogP contribution in [0.25, 0.3) is 22.3 Å². The zero-order valence-corrected chi connectivity index (χ0v) is 17.1. The van der Waals surface area contributed by atoms with Crippen LogP contribution in [0, 0.1) is 0 Å². The van der Waals surface area contributed by atoms with Crippen molar-refractivity contribution in [3.8, 4) is 45.8 Å². The number of aromatic hydroxyl groups is 5. The van der Waals surface area contributed by atoms with E-state index in [1.165, 1.54) is 0 Å². The van der Waals surface area contributed by atoms with Crippen LogP contribution >= 0.6 is 0 Å². The number of phenols is 4. The van der Waals surface area contributed by atoms with Crippen LogP contribution in [0.2, 0.25) is 0 Å². The first kappa shape index (κ1) is 23.4. The van der Waals surface area contributed by atoms with E-state index in [1.54, 1.807) is 0 Å².